The fraction of sp³-hybridized carbons (Fsp3) is 0.519. The van der Waals surface area contributed by atoms with Crippen LogP contribution in [0.25, 0.3) is 0 Å². The number of nitrogens with one attached hydrogen (secondary N) is 1. The second kappa shape index (κ2) is 11.0. The van der Waals surface area contributed by atoms with Crippen LogP contribution in [0.1, 0.15) is 56.2 Å². The maximum absolute atomic E-state index is 13.1. The second-order valence-electron chi connectivity index (χ2n) is 9.76. The summed E-state index contributed by atoms with van der Waals surface area (Å²) in [5.41, 5.74) is 3.03. The highest BCUT2D eigenvalue weighted by Crippen LogP contribution is 2.25. The maximum Gasteiger partial charge on any atom is 0.225 e. The number of likely N-dealkylation sites (tertiary alicyclic amines) is 1. The molecule has 0 atom stereocenters. The normalized spacial score (nSPS) is 15.5. The van der Waals surface area contributed by atoms with E-state index in [1.807, 2.05) is 26.0 Å². The molecule has 0 aromatic heterocycles. The molecule has 0 aliphatic carbocycles. The van der Waals surface area contributed by atoms with Crippen molar-refractivity contribution in [3.63, 3.8) is 0 Å². The van der Waals surface area contributed by atoms with Gasteiger partial charge >= 0.3 is 0 Å². The molecule has 0 bridgehead atoms. The number of piperidine rings is 1. The summed E-state index contributed by atoms with van der Waals surface area (Å²) in [4.78, 5) is 15.3. The van der Waals surface area contributed by atoms with Crippen LogP contribution in [0.5, 0.6) is 5.75 Å². The Morgan fingerprint density at radius 3 is 2.50 bits per heavy atom. The lowest BCUT2D eigenvalue weighted by molar-refractivity contribution is -0.130. The monoisotopic (exact) mass is 440 g/mol. The topological polar surface area (TPSA) is 41.6 Å². The number of halogens is 1. The number of rotatable bonds is 9. The van der Waals surface area contributed by atoms with Crippen LogP contribution in [0.15, 0.2) is 42.5 Å². The van der Waals surface area contributed by atoms with E-state index in [9.17, 15) is 9.18 Å². The molecule has 0 spiro atoms. The number of amides is 1. The fourth-order valence-corrected chi connectivity index (χ4v) is 4.14. The van der Waals surface area contributed by atoms with Crippen LogP contribution in [0.4, 0.5) is 4.39 Å². The summed E-state index contributed by atoms with van der Waals surface area (Å²) >= 11 is 0. The van der Waals surface area contributed by atoms with Gasteiger partial charge in [0.25, 0.3) is 0 Å². The Bertz CT molecular complexity index is 887. The van der Waals surface area contributed by atoms with Crippen molar-refractivity contribution in [1.82, 2.24) is 10.2 Å². The highest BCUT2D eigenvalue weighted by atomic mass is 19.1. The molecule has 1 aliphatic heterocycles. The van der Waals surface area contributed by atoms with E-state index in [1.165, 1.54) is 17.7 Å². The first-order valence-corrected chi connectivity index (χ1v) is 11.7. The third-order valence-electron chi connectivity index (χ3n) is 6.40. The summed E-state index contributed by atoms with van der Waals surface area (Å²) < 4.78 is 19.0. The molecule has 0 saturated carbocycles. The van der Waals surface area contributed by atoms with Crippen LogP contribution in [-0.2, 0) is 11.3 Å². The minimum atomic E-state index is -0.420. The lowest BCUT2D eigenvalue weighted by Gasteiger charge is -2.34. The zero-order valence-electron chi connectivity index (χ0n) is 19.9. The predicted molar refractivity (Wildman–Crippen MR) is 127 cm³/mol. The molecule has 1 saturated heterocycles. The van der Waals surface area contributed by atoms with Crippen molar-refractivity contribution in [3.8, 4) is 5.75 Å². The molecule has 0 radical (unpaired) electrons. The number of ether oxygens (including phenoxy) is 1. The van der Waals surface area contributed by atoms with Crippen molar-refractivity contribution in [3.05, 3.63) is 65.0 Å². The van der Waals surface area contributed by atoms with E-state index in [1.54, 1.807) is 0 Å². The summed E-state index contributed by atoms with van der Waals surface area (Å²) in [6.07, 6.45) is 3.51. The molecule has 2 aromatic rings. The third-order valence-corrected chi connectivity index (χ3v) is 6.40. The second-order valence-corrected chi connectivity index (χ2v) is 9.76. The van der Waals surface area contributed by atoms with Crippen LogP contribution >= 0.6 is 0 Å². The lowest BCUT2D eigenvalue weighted by Crippen LogP contribution is -2.48. The van der Waals surface area contributed by atoms with Crippen LogP contribution in [0, 0.1) is 25.1 Å². The highest BCUT2D eigenvalue weighted by Gasteiger charge is 2.30. The van der Waals surface area contributed by atoms with Crippen LogP contribution in [0.2, 0.25) is 0 Å². The van der Waals surface area contributed by atoms with Crippen LogP contribution in [-0.4, -0.2) is 36.5 Å². The summed E-state index contributed by atoms with van der Waals surface area (Å²) in [5.74, 6) is 0.857. The minimum Gasteiger partial charge on any atom is -0.493 e. The van der Waals surface area contributed by atoms with Gasteiger partial charge in [-0.1, -0.05) is 38.1 Å². The van der Waals surface area contributed by atoms with Crippen molar-refractivity contribution in [2.24, 2.45) is 5.41 Å². The van der Waals surface area contributed by atoms with Crippen molar-refractivity contribution < 1.29 is 13.9 Å². The molecule has 2 aromatic carbocycles. The standard InChI is InChI=1S/C27H37FN2O2/c1-20-6-7-21(2)25(18-20)32-17-5-14-27(3,4)26(31)29-24-12-15-30(16-13-24)19-22-8-10-23(28)11-9-22/h6-11,18,24H,5,12-17,19H2,1-4H3,(H,29,31). The molecule has 1 amide bonds. The molecule has 1 aliphatic rings. The molecular weight excluding hydrogens is 403 g/mol. The average molecular weight is 441 g/mol. The van der Waals surface area contributed by atoms with Gasteiger partial charge in [0, 0.05) is 31.1 Å². The molecule has 0 unspecified atom stereocenters. The number of hydrogen-bond acceptors (Lipinski definition) is 3. The number of carbonyl (C=O) groups excluding carboxylic acids is 1. The molecule has 5 heteroatoms. The van der Waals surface area contributed by atoms with Crippen LogP contribution < -0.4 is 10.1 Å². The molecule has 1 N–H and O–H groups in total. The Labute approximate surface area is 192 Å². The van der Waals surface area contributed by atoms with E-state index in [-0.39, 0.29) is 17.8 Å². The Kier molecular flexibility index (Phi) is 8.30. The van der Waals surface area contributed by atoms with E-state index in [0.717, 1.165) is 62.2 Å². The molecule has 3 rings (SSSR count). The largest absolute Gasteiger partial charge is 0.493 e. The molecule has 174 valence electrons. The predicted octanol–water partition coefficient (Wildman–Crippen LogP) is 5.41. The Morgan fingerprint density at radius 1 is 1.12 bits per heavy atom. The van der Waals surface area contributed by atoms with E-state index >= 15 is 0 Å². The van der Waals surface area contributed by atoms with E-state index in [0.29, 0.717) is 6.61 Å². The first-order valence-electron chi connectivity index (χ1n) is 11.7. The minimum absolute atomic E-state index is 0.126. The van der Waals surface area contributed by atoms with Gasteiger partial charge in [-0.3, -0.25) is 9.69 Å². The molecule has 4 nitrogen and oxygen atoms in total. The number of aryl methyl sites for hydroxylation is 2. The van der Waals surface area contributed by atoms with E-state index in [4.69, 9.17) is 4.74 Å². The Balaban J connectivity index is 1.37. The lowest BCUT2D eigenvalue weighted by atomic mass is 9.86. The van der Waals surface area contributed by atoms with Gasteiger partial charge < -0.3 is 10.1 Å². The summed E-state index contributed by atoms with van der Waals surface area (Å²) in [6, 6.07) is 13.2. The Morgan fingerprint density at radius 2 is 1.81 bits per heavy atom. The van der Waals surface area contributed by atoms with Gasteiger partial charge in [-0.05, 0) is 74.4 Å². The van der Waals surface area contributed by atoms with E-state index < -0.39 is 5.41 Å². The number of hydrogen-bond donors (Lipinski definition) is 1. The summed E-state index contributed by atoms with van der Waals surface area (Å²) in [5, 5.41) is 3.27. The van der Waals surface area contributed by atoms with Gasteiger partial charge in [-0.25, -0.2) is 4.39 Å². The van der Waals surface area contributed by atoms with Crippen molar-refractivity contribution in [2.75, 3.05) is 19.7 Å². The zero-order chi connectivity index (χ0) is 23.1. The summed E-state index contributed by atoms with van der Waals surface area (Å²) in [6.45, 7) is 11.5. The van der Waals surface area contributed by atoms with Gasteiger partial charge in [0.05, 0.1) is 6.61 Å². The number of nitrogens with zero attached hydrogens (tertiary/aromatic N) is 1. The first-order chi connectivity index (χ1) is 15.2. The van der Waals surface area contributed by atoms with Gasteiger partial charge in [0.2, 0.25) is 5.91 Å². The smallest absolute Gasteiger partial charge is 0.225 e. The average Bonchev–Trinajstić information content (AvgIpc) is 2.76. The quantitative estimate of drug-likeness (QED) is 0.530. The fourth-order valence-electron chi connectivity index (χ4n) is 4.14. The maximum atomic E-state index is 13.1. The van der Waals surface area contributed by atoms with Crippen molar-refractivity contribution in [1.29, 1.82) is 0 Å². The number of carbonyl (C=O) groups is 1. The first kappa shape index (κ1) is 24.2. The molecule has 1 heterocycles. The van der Waals surface area contributed by atoms with E-state index in [2.05, 4.69) is 42.3 Å². The van der Waals surface area contributed by atoms with Crippen molar-refractivity contribution >= 4 is 5.91 Å². The SMILES string of the molecule is Cc1ccc(C)c(OCCCC(C)(C)C(=O)NC2CCN(Cc3ccc(F)cc3)CC2)c1. The van der Waals surface area contributed by atoms with Gasteiger partial charge in [-0.15, -0.1) is 0 Å². The van der Waals surface area contributed by atoms with Crippen LogP contribution in [0.3, 0.4) is 0 Å². The van der Waals surface area contributed by atoms with Crippen molar-refractivity contribution in [2.45, 2.75) is 66.0 Å². The highest BCUT2D eigenvalue weighted by molar-refractivity contribution is 5.82. The molecular formula is C27H37FN2O2. The number of benzene rings is 2. The third kappa shape index (κ3) is 7.06. The van der Waals surface area contributed by atoms with Gasteiger partial charge in [0.1, 0.15) is 11.6 Å². The summed E-state index contributed by atoms with van der Waals surface area (Å²) in [7, 11) is 0. The van der Waals surface area contributed by atoms with Gasteiger partial charge in [-0.2, -0.15) is 0 Å². The molecule has 32 heavy (non-hydrogen) atoms. The Hall–Kier alpha value is -2.40. The zero-order valence-corrected chi connectivity index (χ0v) is 19.9. The van der Waals surface area contributed by atoms with Gasteiger partial charge in [0.15, 0.2) is 0 Å². The molecule has 1 fully saturated rings.